The number of amides is 1. The lowest BCUT2D eigenvalue weighted by Crippen LogP contribution is -2.23. The van der Waals surface area contributed by atoms with Crippen molar-refractivity contribution >= 4 is 29.1 Å². The molecule has 1 fully saturated rings. The lowest BCUT2D eigenvalue weighted by atomic mass is 10.1. The van der Waals surface area contributed by atoms with Crippen LogP contribution in [0.3, 0.4) is 0 Å². The molecule has 9 heteroatoms. The number of carbonyl (C=O) groups is 2. The summed E-state index contributed by atoms with van der Waals surface area (Å²) in [6.45, 7) is 1.20. The molecule has 0 spiro atoms. The zero-order chi connectivity index (χ0) is 20.9. The van der Waals surface area contributed by atoms with E-state index in [9.17, 15) is 9.59 Å². The van der Waals surface area contributed by atoms with Gasteiger partial charge in [0.05, 0.1) is 19.4 Å². The van der Waals surface area contributed by atoms with E-state index in [1.807, 2.05) is 36.4 Å². The van der Waals surface area contributed by atoms with Crippen molar-refractivity contribution in [1.29, 1.82) is 0 Å². The van der Waals surface area contributed by atoms with Crippen LogP contribution in [0.5, 0.6) is 5.75 Å². The number of anilines is 1. The highest BCUT2D eigenvalue weighted by atomic mass is 32.2. The van der Waals surface area contributed by atoms with Crippen LogP contribution in [0.4, 0.5) is 5.69 Å². The summed E-state index contributed by atoms with van der Waals surface area (Å²) in [6.07, 6.45) is 1.41. The second kappa shape index (κ2) is 9.08. The number of hydrogen-bond donors (Lipinski definition) is 0. The van der Waals surface area contributed by atoms with E-state index >= 15 is 0 Å². The van der Waals surface area contributed by atoms with Crippen molar-refractivity contribution in [2.24, 2.45) is 0 Å². The molecule has 0 saturated carbocycles. The largest absolute Gasteiger partial charge is 0.497 e. The molecule has 4 rings (SSSR count). The number of aromatic nitrogens is 4. The van der Waals surface area contributed by atoms with Crippen LogP contribution in [0, 0.1) is 0 Å². The molecule has 8 nitrogen and oxygen atoms in total. The van der Waals surface area contributed by atoms with Gasteiger partial charge in [-0.1, -0.05) is 36.0 Å². The lowest BCUT2D eigenvalue weighted by Gasteiger charge is -2.16. The van der Waals surface area contributed by atoms with Crippen LogP contribution in [-0.2, 0) is 11.3 Å². The van der Waals surface area contributed by atoms with Crippen LogP contribution in [0.2, 0.25) is 0 Å². The van der Waals surface area contributed by atoms with Crippen molar-refractivity contribution in [3.63, 3.8) is 0 Å². The van der Waals surface area contributed by atoms with Crippen LogP contribution in [0.1, 0.15) is 28.8 Å². The number of nitrogens with zero attached hydrogens (tertiary/aromatic N) is 5. The van der Waals surface area contributed by atoms with Gasteiger partial charge >= 0.3 is 0 Å². The molecule has 30 heavy (non-hydrogen) atoms. The Bertz CT molecular complexity index is 1050. The zero-order valence-corrected chi connectivity index (χ0v) is 17.3. The highest BCUT2D eigenvalue weighted by molar-refractivity contribution is 7.99. The predicted octanol–water partition coefficient (Wildman–Crippen LogP) is 2.83. The first-order valence-corrected chi connectivity index (χ1v) is 10.6. The van der Waals surface area contributed by atoms with E-state index in [2.05, 4.69) is 15.5 Å². The van der Waals surface area contributed by atoms with Crippen LogP contribution in [-0.4, -0.2) is 51.3 Å². The highest BCUT2D eigenvalue weighted by Crippen LogP contribution is 2.24. The molecule has 2 aromatic carbocycles. The molecule has 0 aliphatic carbocycles. The summed E-state index contributed by atoms with van der Waals surface area (Å²) >= 11 is 1.29. The number of Topliss-reactive ketones (excluding diaryl/α,β-unsaturated/α-hetero) is 1. The standard InChI is InChI=1S/C21H21N5O3S/c1-29-18-9-7-15(8-10-18)13-26-21(22-23-24-26)30-14-19(27)16-4-2-5-17(12-16)25-11-3-6-20(25)28/h2,4-5,7-10,12H,3,6,11,13-14H2,1H3. The Morgan fingerprint density at radius 3 is 2.77 bits per heavy atom. The molecule has 2 heterocycles. The average molecular weight is 423 g/mol. The Morgan fingerprint density at radius 1 is 1.20 bits per heavy atom. The number of carbonyl (C=O) groups excluding carboxylic acids is 2. The third-order valence-electron chi connectivity index (χ3n) is 4.88. The minimum Gasteiger partial charge on any atom is -0.497 e. The Morgan fingerprint density at radius 2 is 2.03 bits per heavy atom. The molecule has 1 aromatic heterocycles. The molecular weight excluding hydrogens is 402 g/mol. The summed E-state index contributed by atoms with van der Waals surface area (Å²) in [5, 5.41) is 12.4. The van der Waals surface area contributed by atoms with Gasteiger partial charge < -0.3 is 9.64 Å². The third-order valence-corrected chi connectivity index (χ3v) is 5.83. The first-order chi connectivity index (χ1) is 14.6. The fraction of sp³-hybridized carbons (Fsp3) is 0.286. The molecule has 1 amide bonds. The minimum absolute atomic E-state index is 0.0347. The molecule has 154 valence electrons. The number of hydrogen-bond acceptors (Lipinski definition) is 7. The van der Waals surface area contributed by atoms with E-state index in [0.717, 1.165) is 23.4 Å². The Labute approximate surface area is 178 Å². The van der Waals surface area contributed by atoms with Gasteiger partial charge in [0.15, 0.2) is 5.78 Å². The van der Waals surface area contributed by atoms with Gasteiger partial charge in [-0.05, 0) is 46.7 Å². The van der Waals surface area contributed by atoms with E-state index in [-0.39, 0.29) is 17.4 Å². The molecule has 1 aliphatic heterocycles. The summed E-state index contributed by atoms with van der Waals surface area (Å²) < 4.78 is 6.84. The second-order valence-electron chi connectivity index (χ2n) is 6.88. The minimum atomic E-state index is -0.0347. The summed E-state index contributed by atoms with van der Waals surface area (Å²) in [5.74, 6) is 1.06. The fourth-order valence-corrected chi connectivity index (χ4v) is 4.06. The highest BCUT2D eigenvalue weighted by Gasteiger charge is 2.22. The molecule has 3 aromatic rings. The number of benzene rings is 2. The molecule has 0 bridgehead atoms. The molecule has 1 saturated heterocycles. The Kier molecular flexibility index (Phi) is 6.08. The maximum Gasteiger partial charge on any atom is 0.227 e. The second-order valence-corrected chi connectivity index (χ2v) is 7.82. The molecule has 0 radical (unpaired) electrons. The predicted molar refractivity (Wildman–Crippen MR) is 113 cm³/mol. The zero-order valence-electron chi connectivity index (χ0n) is 16.5. The first-order valence-electron chi connectivity index (χ1n) is 9.59. The van der Waals surface area contributed by atoms with Crippen molar-refractivity contribution in [2.75, 3.05) is 24.3 Å². The summed E-state index contributed by atoms with van der Waals surface area (Å²) in [6, 6.07) is 14.9. The lowest BCUT2D eigenvalue weighted by molar-refractivity contribution is -0.117. The van der Waals surface area contributed by atoms with Crippen molar-refractivity contribution in [3.05, 3.63) is 59.7 Å². The normalized spacial score (nSPS) is 13.6. The average Bonchev–Trinajstić information content (AvgIpc) is 3.41. The fourth-order valence-electron chi connectivity index (χ4n) is 3.28. The maximum absolute atomic E-state index is 12.7. The van der Waals surface area contributed by atoms with Crippen LogP contribution in [0.25, 0.3) is 0 Å². The van der Waals surface area contributed by atoms with E-state index in [0.29, 0.717) is 30.2 Å². The van der Waals surface area contributed by atoms with Gasteiger partial charge in [-0.15, -0.1) is 5.10 Å². The number of thioether (sulfide) groups is 1. The first kappa shape index (κ1) is 20.1. The number of ketones is 1. The molecule has 0 N–H and O–H groups in total. The van der Waals surface area contributed by atoms with Crippen molar-refractivity contribution in [3.8, 4) is 5.75 Å². The molecule has 1 aliphatic rings. The maximum atomic E-state index is 12.7. The van der Waals surface area contributed by atoms with Crippen molar-refractivity contribution in [1.82, 2.24) is 20.2 Å². The van der Waals surface area contributed by atoms with Gasteiger partial charge in [-0.3, -0.25) is 9.59 Å². The smallest absolute Gasteiger partial charge is 0.227 e. The van der Waals surface area contributed by atoms with Crippen molar-refractivity contribution in [2.45, 2.75) is 24.5 Å². The Hall–Kier alpha value is -3.20. The third kappa shape index (κ3) is 4.51. The van der Waals surface area contributed by atoms with Gasteiger partial charge in [0.2, 0.25) is 11.1 Å². The summed E-state index contributed by atoms with van der Waals surface area (Å²) in [4.78, 5) is 26.4. The van der Waals surface area contributed by atoms with Crippen LogP contribution < -0.4 is 9.64 Å². The van der Waals surface area contributed by atoms with Gasteiger partial charge in [0.1, 0.15) is 5.75 Å². The topological polar surface area (TPSA) is 90.2 Å². The quantitative estimate of drug-likeness (QED) is 0.406. The number of ether oxygens (including phenoxy) is 1. The SMILES string of the molecule is COc1ccc(Cn2nnnc2SCC(=O)c2cccc(N3CCCC3=O)c2)cc1. The van der Waals surface area contributed by atoms with Crippen LogP contribution >= 0.6 is 11.8 Å². The molecular formula is C21H21N5O3S. The number of tetrazole rings is 1. The molecule has 0 atom stereocenters. The van der Waals surface area contributed by atoms with E-state index < -0.39 is 0 Å². The summed E-state index contributed by atoms with van der Waals surface area (Å²) in [7, 11) is 1.63. The number of rotatable bonds is 8. The van der Waals surface area contributed by atoms with Gasteiger partial charge in [0.25, 0.3) is 0 Å². The molecule has 0 unspecified atom stereocenters. The van der Waals surface area contributed by atoms with Crippen LogP contribution in [0.15, 0.2) is 53.7 Å². The number of methoxy groups -OCH3 is 1. The van der Waals surface area contributed by atoms with E-state index in [1.54, 1.807) is 28.8 Å². The van der Waals surface area contributed by atoms with Gasteiger partial charge in [-0.25, -0.2) is 4.68 Å². The van der Waals surface area contributed by atoms with E-state index in [4.69, 9.17) is 4.74 Å². The van der Waals surface area contributed by atoms with Gasteiger partial charge in [0, 0.05) is 24.2 Å². The van der Waals surface area contributed by atoms with Gasteiger partial charge in [-0.2, -0.15) is 0 Å². The monoisotopic (exact) mass is 423 g/mol. The summed E-state index contributed by atoms with van der Waals surface area (Å²) in [5.41, 5.74) is 2.38. The Balaban J connectivity index is 1.40. The van der Waals surface area contributed by atoms with E-state index in [1.165, 1.54) is 11.8 Å². The van der Waals surface area contributed by atoms with Crippen molar-refractivity contribution < 1.29 is 14.3 Å².